The normalized spacial score (nSPS) is 17.3. The maximum absolute atomic E-state index is 12.1. The fourth-order valence-electron chi connectivity index (χ4n) is 2.69. The van der Waals surface area contributed by atoms with E-state index in [1.807, 2.05) is 18.2 Å². The van der Waals surface area contributed by atoms with Crippen molar-refractivity contribution in [1.29, 1.82) is 5.26 Å². The highest BCUT2D eigenvalue weighted by atomic mass is 35.5. The van der Waals surface area contributed by atoms with Gasteiger partial charge in [0.1, 0.15) is 5.54 Å². The van der Waals surface area contributed by atoms with Gasteiger partial charge in [-0.3, -0.25) is 4.79 Å². The Morgan fingerprint density at radius 1 is 1.24 bits per heavy atom. The third kappa shape index (κ3) is 4.37. The first-order valence-electron chi connectivity index (χ1n) is 7.36. The van der Waals surface area contributed by atoms with Crippen molar-refractivity contribution in [2.24, 2.45) is 0 Å². The number of nitriles is 1. The van der Waals surface area contributed by atoms with E-state index in [9.17, 15) is 10.1 Å². The molecule has 1 amide bonds. The van der Waals surface area contributed by atoms with Gasteiger partial charge >= 0.3 is 0 Å². The first-order chi connectivity index (χ1) is 10.2. The lowest BCUT2D eigenvalue weighted by molar-refractivity contribution is -0.120. The van der Waals surface area contributed by atoms with Gasteiger partial charge in [-0.1, -0.05) is 49.4 Å². The van der Waals surface area contributed by atoms with Crippen LogP contribution in [0.1, 0.15) is 38.5 Å². The summed E-state index contributed by atoms with van der Waals surface area (Å²) in [6.07, 6.45) is 5.73. The summed E-state index contributed by atoms with van der Waals surface area (Å²) in [6, 6.07) is 9.59. The number of hydrogen-bond donors (Lipinski definition) is 2. The number of para-hydroxylation sites is 1. The molecule has 1 aliphatic carbocycles. The summed E-state index contributed by atoms with van der Waals surface area (Å²) < 4.78 is 0. The number of carbonyl (C=O) groups excluding carboxylic acids is 1. The number of amides is 1. The number of rotatable bonds is 4. The molecule has 1 fully saturated rings. The number of hydrogen-bond acceptors (Lipinski definition) is 3. The first-order valence-corrected chi connectivity index (χ1v) is 7.74. The molecule has 1 saturated carbocycles. The van der Waals surface area contributed by atoms with Crippen molar-refractivity contribution in [1.82, 2.24) is 5.32 Å². The van der Waals surface area contributed by atoms with Gasteiger partial charge in [0, 0.05) is 0 Å². The predicted octanol–water partition coefficient (Wildman–Crippen LogP) is 3.48. The van der Waals surface area contributed by atoms with Gasteiger partial charge in [-0.25, -0.2) is 0 Å². The lowest BCUT2D eigenvalue weighted by atomic mass is 9.92. The van der Waals surface area contributed by atoms with Gasteiger partial charge in [-0.05, 0) is 25.0 Å². The minimum atomic E-state index is -0.699. The molecule has 1 aromatic carbocycles. The van der Waals surface area contributed by atoms with Crippen molar-refractivity contribution >= 4 is 23.2 Å². The van der Waals surface area contributed by atoms with Gasteiger partial charge < -0.3 is 10.6 Å². The van der Waals surface area contributed by atoms with Crippen LogP contribution in [0.15, 0.2) is 24.3 Å². The molecule has 0 saturated heterocycles. The highest BCUT2D eigenvalue weighted by Crippen LogP contribution is 2.26. The highest BCUT2D eigenvalue weighted by Gasteiger charge is 2.32. The van der Waals surface area contributed by atoms with Crippen LogP contribution in [0, 0.1) is 11.3 Å². The summed E-state index contributed by atoms with van der Waals surface area (Å²) >= 11 is 6.03. The van der Waals surface area contributed by atoms with Gasteiger partial charge in [0.05, 0.1) is 23.3 Å². The minimum absolute atomic E-state index is 0.118. The van der Waals surface area contributed by atoms with Gasteiger partial charge in [0.2, 0.25) is 5.91 Å². The molecule has 5 heteroatoms. The number of halogens is 1. The Hall–Kier alpha value is -1.73. The van der Waals surface area contributed by atoms with Crippen LogP contribution < -0.4 is 10.6 Å². The van der Waals surface area contributed by atoms with Crippen molar-refractivity contribution < 1.29 is 4.79 Å². The lowest BCUT2D eigenvalue weighted by Crippen LogP contribution is -2.48. The van der Waals surface area contributed by atoms with E-state index >= 15 is 0 Å². The van der Waals surface area contributed by atoms with Crippen molar-refractivity contribution in [2.75, 3.05) is 11.9 Å². The summed E-state index contributed by atoms with van der Waals surface area (Å²) in [5.74, 6) is -0.168. The van der Waals surface area contributed by atoms with Crippen LogP contribution in [0.25, 0.3) is 0 Å². The monoisotopic (exact) mass is 305 g/mol. The summed E-state index contributed by atoms with van der Waals surface area (Å²) in [5, 5.41) is 15.9. The number of benzene rings is 1. The van der Waals surface area contributed by atoms with Gasteiger partial charge in [-0.15, -0.1) is 0 Å². The van der Waals surface area contributed by atoms with Crippen LogP contribution >= 0.6 is 11.6 Å². The van der Waals surface area contributed by atoms with Crippen LogP contribution in [0.3, 0.4) is 0 Å². The van der Waals surface area contributed by atoms with Gasteiger partial charge in [0.15, 0.2) is 0 Å². The second-order valence-electron chi connectivity index (χ2n) is 5.49. The Balaban J connectivity index is 1.91. The van der Waals surface area contributed by atoms with Gasteiger partial charge in [0.25, 0.3) is 0 Å². The predicted molar refractivity (Wildman–Crippen MR) is 84.1 cm³/mol. The van der Waals surface area contributed by atoms with Crippen LogP contribution in [0.2, 0.25) is 5.02 Å². The van der Waals surface area contributed by atoms with E-state index in [1.165, 1.54) is 0 Å². The second kappa shape index (κ2) is 7.33. The van der Waals surface area contributed by atoms with E-state index < -0.39 is 5.54 Å². The molecular formula is C16H20ClN3O. The minimum Gasteiger partial charge on any atom is -0.375 e. The fourth-order valence-corrected chi connectivity index (χ4v) is 2.89. The van der Waals surface area contributed by atoms with E-state index in [2.05, 4.69) is 16.7 Å². The second-order valence-corrected chi connectivity index (χ2v) is 5.90. The summed E-state index contributed by atoms with van der Waals surface area (Å²) in [4.78, 5) is 12.1. The molecule has 4 nitrogen and oxygen atoms in total. The molecule has 0 aliphatic heterocycles. The molecule has 0 bridgehead atoms. The number of anilines is 1. The van der Waals surface area contributed by atoms with Gasteiger partial charge in [-0.2, -0.15) is 5.26 Å². The molecule has 0 atom stereocenters. The largest absolute Gasteiger partial charge is 0.375 e. The first kappa shape index (κ1) is 15.7. The lowest BCUT2D eigenvalue weighted by Gasteiger charge is -2.26. The molecule has 21 heavy (non-hydrogen) atoms. The van der Waals surface area contributed by atoms with Crippen molar-refractivity contribution in [3.05, 3.63) is 29.3 Å². The summed E-state index contributed by atoms with van der Waals surface area (Å²) in [6.45, 7) is 0.118. The van der Waals surface area contributed by atoms with Crippen molar-refractivity contribution in [3.8, 4) is 6.07 Å². The Morgan fingerprint density at radius 3 is 2.52 bits per heavy atom. The summed E-state index contributed by atoms with van der Waals surface area (Å²) in [7, 11) is 0. The molecule has 1 aliphatic rings. The summed E-state index contributed by atoms with van der Waals surface area (Å²) in [5.41, 5.74) is 0.0247. The zero-order chi connectivity index (χ0) is 15.1. The maximum atomic E-state index is 12.1. The molecule has 0 aromatic heterocycles. The molecular weight excluding hydrogens is 286 g/mol. The van der Waals surface area contributed by atoms with E-state index in [0.717, 1.165) is 44.2 Å². The quantitative estimate of drug-likeness (QED) is 0.837. The zero-order valence-corrected chi connectivity index (χ0v) is 12.7. The van der Waals surface area contributed by atoms with Crippen molar-refractivity contribution in [3.63, 3.8) is 0 Å². The maximum Gasteiger partial charge on any atom is 0.240 e. The van der Waals surface area contributed by atoms with Crippen molar-refractivity contribution in [2.45, 2.75) is 44.1 Å². The molecule has 0 unspecified atom stereocenters. The van der Waals surface area contributed by atoms with E-state index in [4.69, 9.17) is 11.6 Å². The molecule has 2 N–H and O–H groups in total. The van der Waals surface area contributed by atoms with Crippen LogP contribution in [-0.2, 0) is 4.79 Å². The Labute approximate surface area is 130 Å². The average Bonchev–Trinajstić information content (AvgIpc) is 2.72. The SMILES string of the molecule is N#CC1(NC(=O)CNc2ccccc2Cl)CCCCCC1. The number of nitrogens with zero attached hydrogens (tertiary/aromatic N) is 1. The standard InChI is InChI=1S/C16H20ClN3O/c17-13-7-3-4-8-14(13)19-11-15(21)20-16(12-18)9-5-1-2-6-10-16/h3-4,7-8,19H,1-2,5-6,9-11H2,(H,20,21). The molecule has 1 aromatic rings. The van der Waals surface area contributed by atoms with Crippen LogP contribution in [-0.4, -0.2) is 18.0 Å². The van der Waals surface area contributed by atoms with E-state index in [-0.39, 0.29) is 12.5 Å². The fraction of sp³-hybridized carbons (Fsp3) is 0.500. The molecule has 0 spiro atoms. The van der Waals surface area contributed by atoms with Crippen LogP contribution in [0.4, 0.5) is 5.69 Å². The molecule has 0 radical (unpaired) electrons. The Kier molecular flexibility index (Phi) is 5.46. The zero-order valence-electron chi connectivity index (χ0n) is 12.0. The Bertz CT molecular complexity index is 531. The number of carbonyl (C=O) groups is 1. The highest BCUT2D eigenvalue weighted by molar-refractivity contribution is 6.33. The molecule has 0 heterocycles. The number of nitrogens with one attached hydrogen (secondary N) is 2. The average molecular weight is 306 g/mol. The molecule has 2 rings (SSSR count). The third-order valence-corrected chi connectivity index (χ3v) is 4.19. The smallest absolute Gasteiger partial charge is 0.240 e. The van der Waals surface area contributed by atoms with E-state index in [0.29, 0.717) is 5.02 Å². The Morgan fingerprint density at radius 2 is 1.90 bits per heavy atom. The molecule has 112 valence electrons. The van der Waals surface area contributed by atoms with E-state index in [1.54, 1.807) is 6.07 Å². The van der Waals surface area contributed by atoms with Crippen LogP contribution in [0.5, 0.6) is 0 Å². The third-order valence-electron chi connectivity index (χ3n) is 3.86. The topological polar surface area (TPSA) is 64.9 Å².